The van der Waals surface area contributed by atoms with E-state index in [0.29, 0.717) is 0 Å². The van der Waals surface area contributed by atoms with E-state index < -0.39 is 0 Å². The highest BCUT2D eigenvalue weighted by atomic mass is 15.0. The average Bonchev–Trinajstić information content (AvgIpc) is 3.69. The summed E-state index contributed by atoms with van der Waals surface area (Å²) in [4.78, 5) is 0. The number of para-hydroxylation sites is 2. The largest absolute Gasteiger partial charge is 0.310 e. The van der Waals surface area contributed by atoms with E-state index >= 15 is 0 Å². The van der Waals surface area contributed by atoms with Gasteiger partial charge in [0.15, 0.2) is 0 Å². The zero-order chi connectivity index (χ0) is 32.9. The molecule has 0 saturated carbocycles. The molecule has 51 heavy (non-hydrogen) atoms. The summed E-state index contributed by atoms with van der Waals surface area (Å²) in [7, 11) is 0. The molecule has 4 heterocycles. The number of rotatable bonds is 1. The van der Waals surface area contributed by atoms with Crippen LogP contribution in [0.5, 0.6) is 0 Å². The second kappa shape index (κ2) is 9.15. The molecule has 0 N–H and O–H groups in total. The maximum Gasteiger partial charge on any atom is 0.252 e. The molecule has 232 valence electrons. The van der Waals surface area contributed by atoms with Crippen LogP contribution in [-0.2, 0) is 0 Å². The van der Waals surface area contributed by atoms with E-state index in [1.54, 1.807) is 0 Å². The molecule has 2 aliphatic rings. The van der Waals surface area contributed by atoms with Crippen molar-refractivity contribution in [1.29, 1.82) is 0 Å². The molecule has 0 spiro atoms. The molecule has 0 fully saturated rings. The van der Waals surface area contributed by atoms with Crippen molar-refractivity contribution in [1.82, 2.24) is 9.13 Å². The fourth-order valence-corrected chi connectivity index (χ4v) is 9.82. The summed E-state index contributed by atoms with van der Waals surface area (Å²) >= 11 is 0. The second-order valence-electron chi connectivity index (χ2n) is 14.5. The van der Waals surface area contributed by atoms with Crippen molar-refractivity contribution < 1.29 is 0 Å². The number of aromatic nitrogens is 2. The Labute approximate surface area is 293 Å². The van der Waals surface area contributed by atoms with Gasteiger partial charge in [0.1, 0.15) is 0 Å². The normalized spacial score (nSPS) is 13.1. The first-order chi connectivity index (χ1) is 25.3. The molecule has 2 aromatic heterocycles. The van der Waals surface area contributed by atoms with Crippen molar-refractivity contribution in [3.8, 4) is 22.5 Å². The molecule has 0 atom stereocenters. The Morgan fingerprint density at radius 1 is 0.333 bits per heavy atom. The van der Waals surface area contributed by atoms with Crippen molar-refractivity contribution in [2.24, 2.45) is 0 Å². The van der Waals surface area contributed by atoms with E-state index in [-0.39, 0.29) is 6.71 Å². The maximum absolute atomic E-state index is 2.60. The second-order valence-corrected chi connectivity index (χ2v) is 14.5. The Morgan fingerprint density at radius 2 is 0.804 bits per heavy atom. The minimum Gasteiger partial charge on any atom is -0.310 e. The van der Waals surface area contributed by atoms with Crippen LogP contribution in [0.4, 0.5) is 0 Å². The highest BCUT2D eigenvalue weighted by Crippen LogP contribution is 2.42. The van der Waals surface area contributed by atoms with Crippen LogP contribution in [-0.4, -0.2) is 15.8 Å². The van der Waals surface area contributed by atoms with Gasteiger partial charge in [-0.05, 0) is 102 Å². The number of benzene rings is 9. The van der Waals surface area contributed by atoms with E-state index in [1.807, 2.05) is 0 Å². The summed E-state index contributed by atoms with van der Waals surface area (Å²) in [5.74, 6) is 0. The Bertz CT molecular complexity index is 3200. The van der Waals surface area contributed by atoms with Crippen molar-refractivity contribution in [3.63, 3.8) is 0 Å². The zero-order valence-corrected chi connectivity index (χ0v) is 27.6. The first kappa shape index (κ1) is 26.3. The van der Waals surface area contributed by atoms with Crippen LogP contribution >= 0.6 is 0 Å². The van der Waals surface area contributed by atoms with Gasteiger partial charge in [0.2, 0.25) is 0 Å². The van der Waals surface area contributed by atoms with Gasteiger partial charge < -0.3 is 9.13 Å². The topological polar surface area (TPSA) is 9.86 Å². The van der Waals surface area contributed by atoms with Crippen LogP contribution in [0.3, 0.4) is 0 Å². The lowest BCUT2D eigenvalue weighted by Crippen LogP contribution is -2.59. The van der Waals surface area contributed by atoms with Gasteiger partial charge in [0.25, 0.3) is 6.71 Å². The van der Waals surface area contributed by atoms with Crippen LogP contribution in [0.25, 0.3) is 98.4 Å². The molecule has 0 bridgehead atoms. The van der Waals surface area contributed by atoms with Gasteiger partial charge in [0.05, 0.1) is 11.0 Å². The maximum atomic E-state index is 2.60. The lowest BCUT2D eigenvalue weighted by Gasteiger charge is -2.34. The first-order valence-corrected chi connectivity index (χ1v) is 17.9. The predicted octanol–water partition coefficient (Wildman–Crippen LogP) is 10.2. The van der Waals surface area contributed by atoms with Gasteiger partial charge in [-0.2, -0.15) is 0 Å². The molecule has 0 radical (unpaired) electrons. The fourth-order valence-electron chi connectivity index (χ4n) is 9.82. The molecule has 3 heteroatoms. The van der Waals surface area contributed by atoms with E-state index in [1.165, 1.54) is 115 Å². The van der Waals surface area contributed by atoms with Crippen molar-refractivity contribution in [3.05, 3.63) is 164 Å². The van der Waals surface area contributed by atoms with E-state index in [0.717, 1.165) is 0 Å². The molecule has 0 saturated heterocycles. The molecular formula is C48H27BN2. The van der Waals surface area contributed by atoms with Crippen LogP contribution in [0.15, 0.2) is 164 Å². The zero-order valence-electron chi connectivity index (χ0n) is 27.6. The van der Waals surface area contributed by atoms with Crippen LogP contribution in [0.1, 0.15) is 0 Å². The average molecular weight is 643 g/mol. The van der Waals surface area contributed by atoms with Gasteiger partial charge in [-0.25, -0.2) is 0 Å². The minimum atomic E-state index is 0.116. The number of hydrogen-bond acceptors (Lipinski definition) is 0. The highest BCUT2D eigenvalue weighted by molar-refractivity contribution is 7.00. The summed E-state index contributed by atoms with van der Waals surface area (Å²) in [5, 5.41) is 12.9. The predicted molar refractivity (Wildman–Crippen MR) is 218 cm³/mol. The third-order valence-electron chi connectivity index (χ3n) is 12.0. The number of hydrogen-bond donors (Lipinski definition) is 0. The van der Waals surface area contributed by atoms with Gasteiger partial charge >= 0.3 is 0 Å². The molecule has 2 aliphatic heterocycles. The van der Waals surface area contributed by atoms with Gasteiger partial charge in [-0.15, -0.1) is 0 Å². The summed E-state index contributed by atoms with van der Waals surface area (Å²) < 4.78 is 5.19. The highest BCUT2D eigenvalue weighted by Gasteiger charge is 2.41. The molecule has 0 amide bonds. The van der Waals surface area contributed by atoms with E-state index in [4.69, 9.17) is 0 Å². The van der Waals surface area contributed by atoms with Crippen LogP contribution in [0, 0.1) is 0 Å². The fraction of sp³-hybridized carbons (Fsp3) is 0. The van der Waals surface area contributed by atoms with Crippen molar-refractivity contribution in [2.45, 2.75) is 0 Å². The molecule has 0 aliphatic carbocycles. The molecule has 2 nitrogen and oxygen atoms in total. The van der Waals surface area contributed by atoms with Gasteiger partial charge in [-0.3, -0.25) is 0 Å². The number of nitrogens with zero attached hydrogens (tertiary/aromatic N) is 2. The summed E-state index contributed by atoms with van der Waals surface area (Å²) in [6.07, 6.45) is 0. The van der Waals surface area contributed by atoms with Gasteiger partial charge in [-0.1, -0.05) is 121 Å². The molecule has 0 unspecified atom stereocenters. The minimum absolute atomic E-state index is 0.116. The Hall–Kier alpha value is -6.58. The molecule has 9 aromatic carbocycles. The number of fused-ring (bicyclic) bond motifs is 13. The standard InChI is InChI=1S/C48H27BN2/c1-2-10-29-21-34(20-19-28(29)9-1)35-26-44-46-45(27-35)51-43-25-33-14-6-4-12-31(33)23-39(43)37-16-8-18-41(48(37)51)49(46)40-17-7-15-36-38-22-30-11-3-5-13-32(30)24-42(38)50(44)47(36)40/h1-27H. The lowest BCUT2D eigenvalue weighted by atomic mass is 9.34. The van der Waals surface area contributed by atoms with Crippen molar-refractivity contribution >= 4 is 99.0 Å². The summed E-state index contributed by atoms with van der Waals surface area (Å²) in [5.41, 5.74) is 14.4. The van der Waals surface area contributed by atoms with E-state index in [2.05, 4.69) is 173 Å². The van der Waals surface area contributed by atoms with E-state index in [9.17, 15) is 0 Å². The smallest absolute Gasteiger partial charge is 0.252 e. The Balaban J connectivity index is 1.25. The third-order valence-corrected chi connectivity index (χ3v) is 12.0. The third kappa shape index (κ3) is 3.25. The Morgan fingerprint density at radius 3 is 1.33 bits per heavy atom. The molecular weight excluding hydrogens is 615 g/mol. The monoisotopic (exact) mass is 642 g/mol. The first-order valence-electron chi connectivity index (χ1n) is 17.9. The summed E-state index contributed by atoms with van der Waals surface area (Å²) in [6, 6.07) is 61.8. The summed E-state index contributed by atoms with van der Waals surface area (Å²) in [6.45, 7) is 0.116. The van der Waals surface area contributed by atoms with Crippen molar-refractivity contribution in [2.75, 3.05) is 0 Å². The Kier molecular flexibility index (Phi) is 4.72. The van der Waals surface area contributed by atoms with Crippen LogP contribution in [0.2, 0.25) is 0 Å². The molecule has 11 aromatic rings. The van der Waals surface area contributed by atoms with Crippen LogP contribution < -0.4 is 16.4 Å². The van der Waals surface area contributed by atoms with Gasteiger partial charge in [0, 0.05) is 44.0 Å². The SMILES string of the molecule is c1ccc2cc(-c3cc4c5c(c3)-n3c6cc7ccccc7cc6c6cccc(c63)B5c3cccc5c6cc7ccccc7cc6n-4c35)ccc2c1. The quantitative estimate of drug-likeness (QED) is 0.158. The molecule has 13 rings (SSSR count). The lowest BCUT2D eigenvalue weighted by molar-refractivity contribution is 1.15.